The molecule has 0 fully saturated rings. The zero-order valence-corrected chi connectivity index (χ0v) is 48.5. The monoisotopic (exact) mass is 1100 g/mol. The number of aromatic nitrogens is 3. The van der Waals surface area contributed by atoms with Gasteiger partial charge in [0.25, 0.3) is 0 Å². The molecule has 0 saturated carbocycles. The highest BCUT2D eigenvalue weighted by Crippen LogP contribution is 2.56. The lowest BCUT2D eigenvalue weighted by Gasteiger charge is -2.45. The van der Waals surface area contributed by atoms with E-state index in [0.717, 1.165) is 124 Å². The third-order valence-corrected chi connectivity index (χ3v) is 19.9. The van der Waals surface area contributed by atoms with Gasteiger partial charge in [0.1, 0.15) is 23.3 Å². The quantitative estimate of drug-likeness (QED) is 0.107. The number of thioether (sulfide) groups is 1. The maximum atomic E-state index is 12.9. The van der Waals surface area contributed by atoms with Gasteiger partial charge >= 0.3 is 0 Å². The summed E-state index contributed by atoms with van der Waals surface area (Å²) in [5, 5.41) is 31.1. The highest BCUT2D eigenvalue weighted by Gasteiger charge is 2.43. The molecule has 1 aliphatic carbocycles. The predicted octanol–water partition coefficient (Wildman–Crippen LogP) is 19.4. The van der Waals surface area contributed by atoms with Crippen LogP contribution in [0.5, 0.6) is 0 Å². The summed E-state index contributed by atoms with van der Waals surface area (Å²) in [7, 11) is 0. The molecular formula is C74H60N6S2. The Bertz CT molecular complexity index is 4510. The van der Waals surface area contributed by atoms with Gasteiger partial charge in [0.2, 0.25) is 0 Å². The van der Waals surface area contributed by atoms with Crippen molar-refractivity contribution in [2.45, 2.75) is 76.5 Å². The second-order valence-corrected chi connectivity index (χ2v) is 25.0. The number of benzene rings is 7. The molecule has 1 aliphatic heterocycles. The van der Waals surface area contributed by atoms with Crippen molar-refractivity contribution in [3.05, 3.63) is 233 Å². The van der Waals surface area contributed by atoms with E-state index >= 15 is 0 Å². The van der Waals surface area contributed by atoms with Crippen molar-refractivity contribution in [3.63, 3.8) is 0 Å². The molecule has 0 bridgehead atoms. The average Bonchev–Trinajstić information content (AvgIpc) is 1.83. The van der Waals surface area contributed by atoms with E-state index in [1.807, 2.05) is 18.2 Å². The number of aryl methyl sites for hydroxylation is 4. The minimum Gasteiger partial charge on any atom is -0.324 e. The van der Waals surface area contributed by atoms with Gasteiger partial charge in [0.05, 0.1) is 65.8 Å². The summed E-state index contributed by atoms with van der Waals surface area (Å²) < 4.78 is 7.12. The van der Waals surface area contributed by atoms with E-state index in [4.69, 9.17) is 13.0 Å². The number of nitriles is 2. The van der Waals surface area contributed by atoms with Crippen molar-refractivity contribution >= 4 is 94.9 Å². The Morgan fingerprint density at radius 2 is 1.23 bits per heavy atom. The molecule has 2 unspecified atom stereocenters. The molecule has 2 aliphatic rings. The third-order valence-electron chi connectivity index (χ3n) is 17.3. The number of thiophene rings is 1. The molecule has 0 radical (unpaired) electrons. The van der Waals surface area contributed by atoms with Gasteiger partial charge in [-0.3, -0.25) is 0 Å². The van der Waals surface area contributed by atoms with E-state index < -0.39 is 4.87 Å². The molecule has 398 valence electrons. The minimum absolute atomic E-state index is 0.338. The number of terminal acetylenes is 1. The van der Waals surface area contributed by atoms with Crippen molar-refractivity contribution in [2.75, 3.05) is 4.90 Å². The van der Waals surface area contributed by atoms with Crippen LogP contribution in [0.1, 0.15) is 82.5 Å². The molecule has 6 nitrogen and oxygen atoms in total. The van der Waals surface area contributed by atoms with Gasteiger partial charge in [-0.1, -0.05) is 147 Å². The smallest absolute Gasteiger partial charge is 0.104 e. The van der Waals surface area contributed by atoms with Crippen molar-refractivity contribution < 1.29 is 0 Å². The van der Waals surface area contributed by atoms with Gasteiger partial charge in [-0.15, -0.1) is 17.8 Å². The van der Waals surface area contributed by atoms with Crippen LogP contribution in [0.4, 0.5) is 5.69 Å². The van der Waals surface area contributed by atoms with Crippen LogP contribution in [-0.2, 0) is 12.8 Å². The van der Waals surface area contributed by atoms with E-state index in [9.17, 15) is 10.5 Å². The van der Waals surface area contributed by atoms with Crippen LogP contribution >= 0.6 is 23.1 Å². The van der Waals surface area contributed by atoms with Crippen LogP contribution in [-0.4, -0.2) is 18.6 Å². The second-order valence-electron chi connectivity index (χ2n) is 22.2. The van der Waals surface area contributed by atoms with E-state index in [-0.39, 0.29) is 0 Å². The Morgan fingerprint density at radius 1 is 0.695 bits per heavy atom. The van der Waals surface area contributed by atoms with Gasteiger partial charge in [-0.05, 0) is 165 Å². The van der Waals surface area contributed by atoms with Crippen molar-refractivity contribution in [2.24, 2.45) is 5.92 Å². The van der Waals surface area contributed by atoms with Crippen LogP contribution < -0.4 is 4.90 Å². The number of rotatable bonds is 9. The lowest BCUT2D eigenvalue weighted by Crippen LogP contribution is -2.44. The first-order valence-corrected chi connectivity index (χ1v) is 29.7. The number of nitrogens with zero attached hydrogens (tertiary/aromatic N) is 6. The van der Waals surface area contributed by atoms with Crippen molar-refractivity contribution in [1.29, 1.82) is 10.5 Å². The second kappa shape index (κ2) is 20.4. The van der Waals surface area contributed by atoms with Crippen LogP contribution in [0.2, 0.25) is 0 Å². The fraction of sp³-hybridized carbons (Fsp3) is 0.162. The average molecular weight is 1100 g/mol. The molecule has 0 amide bonds. The Kier molecular flexibility index (Phi) is 13.0. The number of hydrogen-bond donors (Lipinski definition) is 0. The zero-order chi connectivity index (χ0) is 56.7. The molecule has 8 heteroatoms. The largest absolute Gasteiger partial charge is 0.324 e. The Labute approximate surface area is 488 Å². The maximum Gasteiger partial charge on any atom is 0.104 e. The summed E-state index contributed by atoms with van der Waals surface area (Å²) in [6.07, 6.45) is 20.0. The highest BCUT2D eigenvalue weighted by atomic mass is 32.2. The van der Waals surface area contributed by atoms with Crippen molar-refractivity contribution in [1.82, 2.24) is 13.7 Å². The normalized spacial score (nSPS) is 16.7. The summed E-state index contributed by atoms with van der Waals surface area (Å²) in [6, 6.07) is 53.1. The van der Waals surface area contributed by atoms with Crippen molar-refractivity contribution in [3.8, 4) is 52.1 Å². The van der Waals surface area contributed by atoms with Crippen LogP contribution in [0.15, 0.2) is 188 Å². The molecule has 5 heterocycles. The van der Waals surface area contributed by atoms with E-state index in [1.54, 1.807) is 23.1 Å². The van der Waals surface area contributed by atoms with Crippen LogP contribution in [0.3, 0.4) is 0 Å². The molecule has 7 aromatic carbocycles. The first-order valence-electron chi connectivity index (χ1n) is 28.1. The predicted molar refractivity (Wildman–Crippen MR) is 348 cm³/mol. The number of fused-ring (bicyclic) bond motifs is 11. The molecule has 13 rings (SSSR count). The van der Waals surface area contributed by atoms with E-state index in [1.165, 1.54) is 21.6 Å². The summed E-state index contributed by atoms with van der Waals surface area (Å²) in [4.78, 5) is 4.74. The molecule has 2 atom stereocenters. The summed E-state index contributed by atoms with van der Waals surface area (Å²) >= 11 is 3.52. The first-order chi connectivity index (χ1) is 39.9. The SMILES string of the molecule is C#C/C=C\c1c(C)sc2c1CCc1c-2n(-c2c(-n3c4ccccc4c4ccccc43)c(C#N)c(N3C(=C)/C=C\CC(C)CCC3(C)Sc3ccccc3C(=C)C=C)c(C#N)c2-n2c3ccccc3c3ccccc32)c2cc(C)c(C)cc12. The molecule has 0 N–H and O–H groups in total. The fourth-order valence-corrected chi connectivity index (χ4v) is 16.0. The summed E-state index contributed by atoms with van der Waals surface area (Å²) in [6.45, 7) is 24.7. The standard InChI is InChI=1S/C74H60N6S2/c1-10-12-26-52-50(8)81-73-58(52)38-37-57-59-41-47(5)48(6)42-66(59)79(71(57)73)72-69(77-62-32-18-13-28-53(62)54-29-14-19-33-63(54)77)60(43-75)68(61(44-76)70(72)78-64-34-20-15-30-55(64)56-31-16-21-35-65(56)78)80-49(7)25-23-24-45(3)39-40-74(80,9)82-67-36-22-17-27-51(67)46(4)11-2/h1,11-23,25-36,41-42,45H,2,4,7,24,37-40H2,3,5-6,8-9H3/b25-23-,26-12-. The number of anilines is 1. The lowest BCUT2D eigenvalue weighted by molar-refractivity contribution is 0.462. The summed E-state index contributed by atoms with van der Waals surface area (Å²) in [5.41, 5.74) is 17.5. The van der Waals surface area contributed by atoms with Gasteiger partial charge in [0.15, 0.2) is 0 Å². The van der Waals surface area contributed by atoms with Crippen LogP contribution in [0.25, 0.3) is 93.8 Å². The molecule has 4 aromatic heterocycles. The Balaban J connectivity index is 1.32. The van der Waals surface area contributed by atoms with Gasteiger partial charge in [-0.2, -0.15) is 10.5 Å². The minimum atomic E-state index is -0.855. The van der Waals surface area contributed by atoms with Crippen LogP contribution in [0, 0.1) is 61.7 Å². The van der Waals surface area contributed by atoms with Gasteiger partial charge in [0, 0.05) is 42.4 Å². The third kappa shape index (κ3) is 7.98. The lowest BCUT2D eigenvalue weighted by atomic mass is 9.91. The molecule has 82 heavy (non-hydrogen) atoms. The maximum absolute atomic E-state index is 12.9. The Hall–Kier alpha value is -9.23. The fourth-order valence-electron chi connectivity index (χ4n) is 13.3. The van der Waals surface area contributed by atoms with E-state index in [0.29, 0.717) is 46.2 Å². The molecule has 0 spiro atoms. The number of hydrogen-bond acceptors (Lipinski definition) is 5. The topological polar surface area (TPSA) is 65.6 Å². The highest BCUT2D eigenvalue weighted by molar-refractivity contribution is 8.00. The van der Waals surface area contributed by atoms with E-state index in [2.05, 4.69) is 230 Å². The van der Waals surface area contributed by atoms with Gasteiger partial charge < -0.3 is 18.6 Å². The molecule has 0 saturated heterocycles. The Morgan fingerprint density at radius 3 is 1.79 bits per heavy atom. The molecular weight excluding hydrogens is 1040 g/mol. The number of allylic oxidation sites excluding steroid dienone is 5. The first kappa shape index (κ1) is 52.2. The molecule has 11 aromatic rings. The summed E-state index contributed by atoms with van der Waals surface area (Å²) in [5.74, 6) is 3.10. The number of para-hydroxylation sites is 4. The zero-order valence-electron chi connectivity index (χ0n) is 46.9. The van der Waals surface area contributed by atoms with Gasteiger partial charge in [-0.25, -0.2) is 0 Å².